The van der Waals surface area contributed by atoms with Crippen molar-refractivity contribution in [3.63, 3.8) is 0 Å². The molecule has 0 saturated carbocycles. The molecule has 0 atom stereocenters. The lowest BCUT2D eigenvalue weighted by atomic mass is 10.2. The molecule has 0 spiro atoms. The highest BCUT2D eigenvalue weighted by Crippen LogP contribution is 2.25. The molecule has 0 saturated heterocycles. The minimum absolute atomic E-state index is 0.0104. The van der Waals surface area contributed by atoms with Gasteiger partial charge in [0.15, 0.2) is 12.4 Å². The van der Waals surface area contributed by atoms with Crippen LogP contribution in [0.4, 0.5) is 11.4 Å². The molecular weight excluding hydrogens is 378 g/mol. The number of carbonyl (C=O) groups excluding carboxylic acids is 2. The van der Waals surface area contributed by atoms with Gasteiger partial charge in [0.05, 0.1) is 17.7 Å². The van der Waals surface area contributed by atoms with E-state index in [1.807, 2.05) is 0 Å². The molecule has 2 aromatic carbocycles. The molecular formula is C20H17N3O6. The monoisotopic (exact) mass is 395 g/mol. The number of rotatable bonds is 8. The van der Waals surface area contributed by atoms with Crippen LogP contribution in [-0.4, -0.2) is 23.3 Å². The van der Waals surface area contributed by atoms with Crippen molar-refractivity contribution in [2.75, 3.05) is 11.9 Å². The van der Waals surface area contributed by atoms with E-state index in [2.05, 4.69) is 10.6 Å². The zero-order chi connectivity index (χ0) is 20.6. The number of hydrogen-bond acceptors (Lipinski definition) is 6. The first-order valence-electron chi connectivity index (χ1n) is 8.59. The van der Waals surface area contributed by atoms with E-state index in [1.165, 1.54) is 24.5 Å². The van der Waals surface area contributed by atoms with Crippen molar-refractivity contribution in [3.05, 3.63) is 88.4 Å². The molecule has 3 rings (SSSR count). The second kappa shape index (κ2) is 9.18. The molecule has 0 radical (unpaired) electrons. The van der Waals surface area contributed by atoms with Crippen molar-refractivity contribution in [3.8, 4) is 5.75 Å². The van der Waals surface area contributed by atoms with Gasteiger partial charge in [0.1, 0.15) is 5.76 Å². The van der Waals surface area contributed by atoms with E-state index in [0.717, 1.165) is 0 Å². The number of hydrogen-bond donors (Lipinski definition) is 2. The maximum Gasteiger partial charge on any atom is 0.310 e. The molecule has 9 nitrogen and oxygen atoms in total. The summed E-state index contributed by atoms with van der Waals surface area (Å²) in [7, 11) is 0. The summed E-state index contributed by atoms with van der Waals surface area (Å²) in [4.78, 5) is 34.5. The molecule has 0 aliphatic heterocycles. The summed E-state index contributed by atoms with van der Waals surface area (Å²) in [5.41, 5.74) is 0.666. The van der Waals surface area contributed by atoms with E-state index in [-0.39, 0.29) is 23.9 Å². The highest BCUT2D eigenvalue weighted by Gasteiger charge is 2.15. The van der Waals surface area contributed by atoms with Gasteiger partial charge in [-0.15, -0.1) is 0 Å². The van der Waals surface area contributed by atoms with E-state index in [4.69, 9.17) is 9.15 Å². The van der Waals surface area contributed by atoms with Gasteiger partial charge in [-0.25, -0.2) is 0 Å². The summed E-state index contributed by atoms with van der Waals surface area (Å²) in [5, 5.41) is 16.3. The molecule has 2 amide bonds. The van der Waals surface area contributed by atoms with Crippen LogP contribution in [0.2, 0.25) is 0 Å². The van der Waals surface area contributed by atoms with Gasteiger partial charge >= 0.3 is 5.69 Å². The molecule has 2 N–H and O–H groups in total. The van der Waals surface area contributed by atoms with Gasteiger partial charge < -0.3 is 19.8 Å². The Hall–Kier alpha value is -4.14. The largest absolute Gasteiger partial charge is 0.477 e. The van der Waals surface area contributed by atoms with Crippen molar-refractivity contribution >= 4 is 23.2 Å². The zero-order valence-corrected chi connectivity index (χ0v) is 15.2. The van der Waals surface area contributed by atoms with Crippen molar-refractivity contribution in [2.45, 2.75) is 6.54 Å². The van der Waals surface area contributed by atoms with Gasteiger partial charge in [0.25, 0.3) is 11.8 Å². The first kappa shape index (κ1) is 19.6. The lowest BCUT2D eigenvalue weighted by molar-refractivity contribution is -0.385. The number of nitrogens with zero attached hydrogens (tertiary/aromatic N) is 1. The Morgan fingerprint density at radius 1 is 1.03 bits per heavy atom. The predicted molar refractivity (Wildman–Crippen MR) is 104 cm³/mol. The molecule has 0 bridgehead atoms. The standard InChI is InChI=1S/C20H17N3O6/c24-19(13-29-18-6-2-1-5-17(18)23(26)27)22-15-9-7-14(8-10-15)20(25)21-12-16-4-3-11-28-16/h1-11H,12-13H2,(H,21,25)(H,22,24). The van der Waals surface area contributed by atoms with Crippen LogP contribution >= 0.6 is 0 Å². The number of anilines is 1. The van der Waals surface area contributed by atoms with Crippen LogP contribution in [0.15, 0.2) is 71.3 Å². The molecule has 29 heavy (non-hydrogen) atoms. The molecule has 3 aromatic rings. The molecule has 1 heterocycles. The lowest BCUT2D eigenvalue weighted by Crippen LogP contribution is -2.23. The number of nitrogens with one attached hydrogen (secondary N) is 2. The summed E-state index contributed by atoms with van der Waals surface area (Å²) in [5.74, 6) is -0.116. The number of ether oxygens (including phenoxy) is 1. The number of nitro groups is 1. The SMILES string of the molecule is O=C(COc1ccccc1[N+](=O)[O-])Nc1ccc(C(=O)NCc2ccco2)cc1. The fourth-order valence-electron chi connectivity index (χ4n) is 2.46. The number of amides is 2. The molecule has 1 aromatic heterocycles. The summed E-state index contributed by atoms with van der Waals surface area (Å²) < 4.78 is 10.4. The Balaban J connectivity index is 1.51. The summed E-state index contributed by atoms with van der Waals surface area (Å²) in [6.07, 6.45) is 1.53. The maximum absolute atomic E-state index is 12.1. The number of benzene rings is 2. The Labute approximate surface area is 165 Å². The van der Waals surface area contributed by atoms with Crippen molar-refractivity contribution in [1.29, 1.82) is 0 Å². The van der Waals surface area contributed by atoms with Crippen LogP contribution in [0, 0.1) is 10.1 Å². The Bertz CT molecular complexity index is 999. The van der Waals surface area contributed by atoms with Crippen LogP contribution in [0.3, 0.4) is 0 Å². The molecule has 0 aliphatic carbocycles. The van der Waals surface area contributed by atoms with Gasteiger partial charge in [-0.2, -0.15) is 0 Å². The number of nitro benzene ring substituents is 1. The van der Waals surface area contributed by atoms with E-state index < -0.39 is 17.4 Å². The molecule has 0 unspecified atom stereocenters. The minimum Gasteiger partial charge on any atom is -0.477 e. The van der Waals surface area contributed by atoms with Crippen LogP contribution in [0.25, 0.3) is 0 Å². The smallest absolute Gasteiger partial charge is 0.310 e. The minimum atomic E-state index is -0.580. The second-order valence-corrected chi connectivity index (χ2v) is 5.90. The third kappa shape index (κ3) is 5.42. The van der Waals surface area contributed by atoms with Crippen molar-refractivity contribution < 1.29 is 23.7 Å². The van der Waals surface area contributed by atoms with E-state index in [0.29, 0.717) is 17.0 Å². The van der Waals surface area contributed by atoms with Crippen LogP contribution in [0.1, 0.15) is 16.1 Å². The van der Waals surface area contributed by atoms with Crippen LogP contribution in [0.5, 0.6) is 5.75 Å². The van der Waals surface area contributed by atoms with Gasteiger partial charge in [-0.05, 0) is 42.5 Å². The number of para-hydroxylation sites is 2. The number of carbonyl (C=O) groups is 2. The maximum atomic E-state index is 12.1. The summed E-state index contributed by atoms with van der Waals surface area (Å²) in [6, 6.07) is 15.6. The van der Waals surface area contributed by atoms with Gasteiger partial charge in [0, 0.05) is 17.3 Å². The first-order valence-corrected chi connectivity index (χ1v) is 8.59. The molecule has 0 fully saturated rings. The summed E-state index contributed by atoms with van der Waals surface area (Å²) in [6.45, 7) is -0.122. The van der Waals surface area contributed by atoms with Crippen LogP contribution < -0.4 is 15.4 Å². The fourth-order valence-corrected chi connectivity index (χ4v) is 2.46. The topological polar surface area (TPSA) is 124 Å². The average molecular weight is 395 g/mol. The molecule has 0 aliphatic rings. The predicted octanol–water partition coefficient (Wildman–Crippen LogP) is 3.14. The zero-order valence-electron chi connectivity index (χ0n) is 15.2. The van der Waals surface area contributed by atoms with E-state index in [9.17, 15) is 19.7 Å². The molecule has 9 heteroatoms. The van der Waals surface area contributed by atoms with Gasteiger partial charge in [-0.3, -0.25) is 19.7 Å². The Morgan fingerprint density at radius 2 is 1.79 bits per heavy atom. The summed E-state index contributed by atoms with van der Waals surface area (Å²) >= 11 is 0. The second-order valence-electron chi connectivity index (χ2n) is 5.90. The quantitative estimate of drug-likeness (QED) is 0.446. The first-order chi connectivity index (χ1) is 14.0. The van der Waals surface area contributed by atoms with Crippen molar-refractivity contribution in [2.24, 2.45) is 0 Å². The third-order valence-electron chi connectivity index (χ3n) is 3.85. The van der Waals surface area contributed by atoms with Gasteiger partial charge in [0.2, 0.25) is 0 Å². The van der Waals surface area contributed by atoms with Crippen LogP contribution in [-0.2, 0) is 11.3 Å². The van der Waals surface area contributed by atoms with Gasteiger partial charge in [-0.1, -0.05) is 12.1 Å². The number of furan rings is 1. The Morgan fingerprint density at radius 3 is 2.48 bits per heavy atom. The fraction of sp³-hybridized carbons (Fsp3) is 0.100. The highest BCUT2D eigenvalue weighted by atomic mass is 16.6. The normalized spacial score (nSPS) is 10.2. The lowest BCUT2D eigenvalue weighted by Gasteiger charge is -2.09. The van der Waals surface area contributed by atoms with E-state index in [1.54, 1.807) is 42.5 Å². The Kier molecular flexibility index (Phi) is 6.21. The van der Waals surface area contributed by atoms with Crippen molar-refractivity contribution in [1.82, 2.24) is 5.32 Å². The average Bonchev–Trinajstić information content (AvgIpc) is 3.25. The molecule has 148 valence electrons. The third-order valence-corrected chi connectivity index (χ3v) is 3.85. The van der Waals surface area contributed by atoms with E-state index >= 15 is 0 Å². The highest BCUT2D eigenvalue weighted by molar-refractivity contribution is 5.96.